The van der Waals surface area contributed by atoms with Gasteiger partial charge in [-0.05, 0) is 27.7 Å². The molecule has 112 valence electrons. The van der Waals surface area contributed by atoms with Crippen LogP contribution in [0.5, 0.6) is 0 Å². The predicted octanol–water partition coefficient (Wildman–Crippen LogP) is 3.72. The Hall–Kier alpha value is -1.88. The van der Waals surface area contributed by atoms with E-state index in [0.29, 0.717) is 6.54 Å². The minimum atomic E-state index is -0.234. The second kappa shape index (κ2) is 6.26. The first-order chi connectivity index (χ1) is 9.85. The molecule has 1 heterocycles. The Balaban J connectivity index is 2.02. The molecule has 4 nitrogen and oxygen atoms in total. The van der Waals surface area contributed by atoms with Gasteiger partial charge >= 0.3 is 6.03 Å². The zero-order valence-electron chi connectivity index (χ0n) is 12.9. The number of rotatable bonds is 3. The van der Waals surface area contributed by atoms with E-state index in [4.69, 9.17) is 0 Å². The van der Waals surface area contributed by atoms with Crippen molar-refractivity contribution in [1.29, 1.82) is 0 Å². The van der Waals surface area contributed by atoms with Crippen molar-refractivity contribution in [2.24, 2.45) is 0 Å². The number of benzene rings is 1. The van der Waals surface area contributed by atoms with Gasteiger partial charge in [0.05, 0.1) is 12.2 Å². The molecule has 5 heteroatoms. The highest BCUT2D eigenvalue weighted by atomic mass is 32.1. The van der Waals surface area contributed by atoms with Crippen LogP contribution in [0.25, 0.3) is 10.6 Å². The zero-order chi connectivity index (χ0) is 15.5. The molecule has 0 spiro atoms. The Bertz CT molecular complexity index is 614. The van der Waals surface area contributed by atoms with E-state index in [1.807, 2.05) is 58.0 Å². The molecule has 0 aliphatic carbocycles. The molecule has 1 aromatic carbocycles. The van der Waals surface area contributed by atoms with Gasteiger partial charge in [0.2, 0.25) is 0 Å². The van der Waals surface area contributed by atoms with Crippen molar-refractivity contribution in [3.05, 3.63) is 40.9 Å². The van der Waals surface area contributed by atoms with E-state index < -0.39 is 0 Å². The normalized spacial score (nSPS) is 11.2. The minimum Gasteiger partial charge on any atom is -0.334 e. The second-order valence-corrected chi connectivity index (χ2v) is 7.03. The summed E-state index contributed by atoms with van der Waals surface area (Å²) < 4.78 is 0. The topological polar surface area (TPSA) is 54.0 Å². The molecular formula is C16H21N3OS. The smallest absolute Gasteiger partial charge is 0.315 e. The Labute approximate surface area is 129 Å². The zero-order valence-corrected chi connectivity index (χ0v) is 13.7. The lowest BCUT2D eigenvalue weighted by molar-refractivity contribution is 0.231. The lowest BCUT2D eigenvalue weighted by atomic mass is 10.1. The molecule has 2 rings (SSSR count). The van der Waals surface area contributed by atoms with Crippen LogP contribution >= 0.6 is 11.3 Å². The molecule has 0 aliphatic heterocycles. The highest BCUT2D eigenvalue weighted by Gasteiger charge is 2.14. The number of carbonyl (C=O) groups is 1. The third-order valence-corrected chi connectivity index (χ3v) is 4.02. The molecule has 0 fully saturated rings. The first-order valence-electron chi connectivity index (χ1n) is 6.93. The molecule has 1 aromatic heterocycles. The van der Waals surface area contributed by atoms with E-state index in [2.05, 4.69) is 15.6 Å². The van der Waals surface area contributed by atoms with Crippen molar-refractivity contribution >= 4 is 17.4 Å². The third kappa shape index (κ3) is 4.56. The first-order valence-corrected chi connectivity index (χ1v) is 7.74. The van der Waals surface area contributed by atoms with Crippen LogP contribution in [-0.2, 0) is 6.54 Å². The molecule has 2 N–H and O–H groups in total. The van der Waals surface area contributed by atoms with Crippen LogP contribution in [0.1, 0.15) is 31.3 Å². The van der Waals surface area contributed by atoms with Crippen LogP contribution in [0.15, 0.2) is 30.3 Å². The van der Waals surface area contributed by atoms with Crippen LogP contribution in [-0.4, -0.2) is 16.6 Å². The van der Waals surface area contributed by atoms with Gasteiger partial charge in [-0.2, -0.15) is 0 Å². The van der Waals surface area contributed by atoms with Gasteiger partial charge in [-0.15, -0.1) is 11.3 Å². The van der Waals surface area contributed by atoms with Crippen molar-refractivity contribution in [3.63, 3.8) is 0 Å². The third-order valence-electron chi connectivity index (χ3n) is 2.81. The van der Waals surface area contributed by atoms with Crippen molar-refractivity contribution in [1.82, 2.24) is 15.6 Å². The SMILES string of the molecule is Cc1nc(-c2ccccc2)sc1CNC(=O)NC(C)(C)C. The fraction of sp³-hybridized carbons (Fsp3) is 0.375. The lowest BCUT2D eigenvalue weighted by Crippen LogP contribution is -2.46. The summed E-state index contributed by atoms with van der Waals surface area (Å²) in [7, 11) is 0. The maximum absolute atomic E-state index is 11.8. The summed E-state index contributed by atoms with van der Waals surface area (Å²) in [6, 6.07) is 9.92. The molecule has 0 atom stereocenters. The summed E-state index contributed by atoms with van der Waals surface area (Å²) in [6.45, 7) is 8.34. The van der Waals surface area contributed by atoms with Gasteiger partial charge in [0.15, 0.2) is 0 Å². The predicted molar refractivity (Wildman–Crippen MR) is 87.4 cm³/mol. The number of urea groups is 1. The summed E-state index contributed by atoms with van der Waals surface area (Å²) in [5.74, 6) is 0. The first kappa shape index (κ1) is 15.5. The quantitative estimate of drug-likeness (QED) is 0.908. The van der Waals surface area contributed by atoms with Crippen molar-refractivity contribution < 1.29 is 4.79 Å². The number of nitrogens with zero attached hydrogens (tertiary/aromatic N) is 1. The molecule has 0 saturated heterocycles. The molecule has 0 radical (unpaired) electrons. The number of hydrogen-bond donors (Lipinski definition) is 2. The van der Waals surface area contributed by atoms with Gasteiger partial charge in [-0.25, -0.2) is 9.78 Å². The lowest BCUT2D eigenvalue weighted by Gasteiger charge is -2.20. The summed E-state index contributed by atoms with van der Waals surface area (Å²) in [5.41, 5.74) is 1.84. The highest BCUT2D eigenvalue weighted by molar-refractivity contribution is 7.15. The number of carbonyl (C=O) groups excluding carboxylic acids is 1. The number of aryl methyl sites for hydroxylation is 1. The van der Waals surface area contributed by atoms with Gasteiger partial charge in [0.1, 0.15) is 5.01 Å². The number of amides is 2. The summed E-state index contributed by atoms with van der Waals surface area (Å²) >= 11 is 1.62. The molecule has 21 heavy (non-hydrogen) atoms. The Morgan fingerprint density at radius 3 is 2.52 bits per heavy atom. The molecule has 0 saturated carbocycles. The largest absolute Gasteiger partial charge is 0.334 e. The van der Waals surface area contributed by atoms with E-state index in [9.17, 15) is 4.79 Å². The van der Waals surface area contributed by atoms with Crippen molar-refractivity contribution in [2.45, 2.75) is 39.8 Å². The van der Waals surface area contributed by atoms with Crippen LogP contribution < -0.4 is 10.6 Å². The molecule has 0 unspecified atom stereocenters. The van der Waals surface area contributed by atoms with Crippen LogP contribution in [0.2, 0.25) is 0 Å². The number of aromatic nitrogens is 1. The summed E-state index contributed by atoms with van der Waals surface area (Å²) in [5, 5.41) is 6.75. The van der Waals surface area contributed by atoms with E-state index in [1.165, 1.54) is 0 Å². The molecule has 0 aliphatic rings. The fourth-order valence-electron chi connectivity index (χ4n) is 1.84. The van der Waals surface area contributed by atoms with Gasteiger partial charge in [-0.1, -0.05) is 30.3 Å². The number of thiazole rings is 1. The molecular weight excluding hydrogens is 282 g/mol. The molecule has 0 bridgehead atoms. The van der Waals surface area contributed by atoms with Crippen molar-refractivity contribution in [3.8, 4) is 10.6 Å². The minimum absolute atomic E-state index is 0.156. The van der Waals surface area contributed by atoms with Gasteiger partial charge < -0.3 is 10.6 Å². The molecule has 2 aromatic rings. The van der Waals surface area contributed by atoms with Gasteiger partial charge in [-0.3, -0.25) is 0 Å². The summed E-state index contributed by atoms with van der Waals surface area (Å²) in [4.78, 5) is 17.4. The highest BCUT2D eigenvalue weighted by Crippen LogP contribution is 2.27. The van der Waals surface area contributed by atoms with Gasteiger partial charge in [0, 0.05) is 16.0 Å². The number of hydrogen-bond acceptors (Lipinski definition) is 3. The Kier molecular flexibility index (Phi) is 4.63. The van der Waals surface area contributed by atoms with Gasteiger partial charge in [0.25, 0.3) is 0 Å². The Morgan fingerprint density at radius 2 is 1.90 bits per heavy atom. The second-order valence-electron chi connectivity index (χ2n) is 5.95. The average Bonchev–Trinajstić information content (AvgIpc) is 2.77. The van der Waals surface area contributed by atoms with Crippen LogP contribution in [0.3, 0.4) is 0 Å². The standard InChI is InChI=1S/C16H21N3OS/c1-11-13(10-17-15(20)19-16(2,3)4)21-14(18-11)12-8-6-5-7-9-12/h5-9H,10H2,1-4H3,(H2,17,19,20). The monoisotopic (exact) mass is 303 g/mol. The summed E-state index contributed by atoms with van der Waals surface area (Å²) in [6.07, 6.45) is 0. The van der Waals surface area contributed by atoms with Crippen LogP contribution in [0, 0.1) is 6.92 Å². The van der Waals surface area contributed by atoms with E-state index in [1.54, 1.807) is 11.3 Å². The molecule has 2 amide bonds. The Morgan fingerprint density at radius 1 is 1.24 bits per heavy atom. The van der Waals surface area contributed by atoms with E-state index >= 15 is 0 Å². The average molecular weight is 303 g/mol. The van der Waals surface area contributed by atoms with Crippen LogP contribution in [0.4, 0.5) is 4.79 Å². The number of nitrogens with one attached hydrogen (secondary N) is 2. The van der Waals surface area contributed by atoms with E-state index in [-0.39, 0.29) is 11.6 Å². The van der Waals surface area contributed by atoms with Crippen molar-refractivity contribution in [2.75, 3.05) is 0 Å². The van der Waals surface area contributed by atoms with E-state index in [0.717, 1.165) is 21.1 Å². The fourth-order valence-corrected chi connectivity index (χ4v) is 2.85. The maximum atomic E-state index is 11.8. The maximum Gasteiger partial charge on any atom is 0.315 e.